The zero-order valence-electron chi connectivity index (χ0n) is 9.23. The third-order valence-electron chi connectivity index (χ3n) is 2.39. The van der Waals surface area contributed by atoms with Gasteiger partial charge in [0.05, 0.1) is 6.10 Å². The number of pyridine rings is 1. The maximum atomic E-state index is 9.31. The number of aliphatic hydroxyl groups is 1. The van der Waals surface area contributed by atoms with Crippen molar-refractivity contribution in [3.05, 3.63) is 23.9 Å². The summed E-state index contributed by atoms with van der Waals surface area (Å²) in [6, 6.07) is 4.27. The first-order chi connectivity index (χ1) is 6.52. The molecule has 3 heteroatoms. The molecule has 1 atom stereocenters. The molecule has 1 aromatic rings. The van der Waals surface area contributed by atoms with Crippen molar-refractivity contribution in [3.8, 4) is 0 Å². The Bertz CT molecular complexity index is 280. The molecule has 0 bridgehead atoms. The number of hydrogen-bond donors (Lipinski definition) is 1. The van der Waals surface area contributed by atoms with Crippen molar-refractivity contribution in [1.82, 2.24) is 4.98 Å². The molecule has 0 radical (unpaired) electrons. The number of anilines is 1. The molecule has 14 heavy (non-hydrogen) atoms. The molecule has 1 aromatic heterocycles. The van der Waals surface area contributed by atoms with E-state index in [1.54, 1.807) is 13.1 Å². The van der Waals surface area contributed by atoms with E-state index < -0.39 is 6.10 Å². The Morgan fingerprint density at radius 1 is 1.29 bits per heavy atom. The maximum absolute atomic E-state index is 9.31. The van der Waals surface area contributed by atoms with E-state index >= 15 is 0 Å². The second-order valence-corrected chi connectivity index (χ2v) is 3.83. The molecule has 1 N–H and O–H groups in total. The van der Waals surface area contributed by atoms with Crippen molar-refractivity contribution in [2.45, 2.75) is 32.9 Å². The van der Waals surface area contributed by atoms with Gasteiger partial charge in [-0.05, 0) is 32.4 Å². The van der Waals surface area contributed by atoms with Gasteiger partial charge in [0.2, 0.25) is 0 Å². The van der Waals surface area contributed by atoms with Gasteiger partial charge in [-0.1, -0.05) is 6.07 Å². The van der Waals surface area contributed by atoms with Crippen molar-refractivity contribution in [3.63, 3.8) is 0 Å². The summed E-state index contributed by atoms with van der Waals surface area (Å²) in [5.74, 6) is 0.935. The highest BCUT2D eigenvalue weighted by Gasteiger charge is 2.07. The first-order valence-corrected chi connectivity index (χ1v) is 4.89. The van der Waals surface area contributed by atoms with Crippen LogP contribution in [0.25, 0.3) is 0 Å². The molecule has 0 aliphatic carbocycles. The second kappa shape index (κ2) is 4.42. The lowest BCUT2D eigenvalue weighted by atomic mass is 10.2. The van der Waals surface area contributed by atoms with Crippen molar-refractivity contribution in [2.75, 3.05) is 11.9 Å². The van der Waals surface area contributed by atoms with Gasteiger partial charge in [-0.15, -0.1) is 0 Å². The quantitative estimate of drug-likeness (QED) is 0.799. The van der Waals surface area contributed by atoms with Crippen LogP contribution < -0.4 is 4.90 Å². The predicted molar refractivity (Wildman–Crippen MR) is 58.4 cm³/mol. The van der Waals surface area contributed by atoms with Crippen LogP contribution in [-0.2, 0) is 0 Å². The van der Waals surface area contributed by atoms with Crippen LogP contribution in [0.2, 0.25) is 0 Å². The van der Waals surface area contributed by atoms with Crippen molar-refractivity contribution < 1.29 is 5.11 Å². The predicted octanol–water partition coefficient (Wildman–Crippen LogP) is 1.98. The molecule has 1 unspecified atom stereocenters. The molecular formula is C11H18N2O. The fourth-order valence-corrected chi connectivity index (χ4v) is 1.12. The molecule has 0 fully saturated rings. The van der Waals surface area contributed by atoms with Crippen LogP contribution in [0.3, 0.4) is 0 Å². The Balaban J connectivity index is 2.83. The van der Waals surface area contributed by atoms with Crippen LogP contribution in [-0.4, -0.2) is 23.2 Å². The summed E-state index contributed by atoms with van der Waals surface area (Å²) in [6.45, 7) is 5.97. The standard InChI is InChI=1S/C11H18N2O/c1-8(2)13(4)11-6-5-10(7-12-11)9(3)14/h5-9,14H,1-4H3. The summed E-state index contributed by atoms with van der Waals surface area (Å²) >= 11 is 0. The number of aromatic nitrogens is 1. The first-order valence-electron chi connectivity index (χ1n) is 4.89. The van der Waals surface area contributed by atoms with Gasteiger partial charge in [0.15, 0.2) is 0 Å². The molecule has 1 rings (SSSR count). The van der Waals surface area contributed by atoms with E-state index in [0.29, 0.717) is 6.04 Å². The first kappa shape index (κ1) is 11.0. The minimum atomic E-state index is -0.444. The summed E-state index contributed by atoms with van der Waals surface area (Å²) < 4.78 is 0. The molecular weight excluding hydrogens is 176 g/mol. The van der Waals surface area contributed by atoms with E-state index in [9.17, 15) is 5.11 Å². The summed E-state index contributed by atoms with van der Waals surface area (Å²) in [4.78, 5) is 6.38. The van der Waals surface area contributed by atoms with Crippen LogP contribution in [0, 0.1) is 0 Å². The average molecular weight is 194 g/mol. The highest BCUT2D eigenvalue weighted by Crippen LogP contribution is 2.15. The van der Waals surface area contributed by atoms with Gasteiger partial charge in [0.25, 0.3) is 0 Å². The second-order valence-electron chi connectivity index (χ2n) is 3.83. The van der Waals surface area contributed by atoms with Gasteiger partial charge in [-0.3, -0.25) is 0 Å². The van der Waals surface area contributed by atoms with Gasteiger partial charge in [0.1, 0.15) is 5.82 Å². The van der Waals surface area contributed by atoms with Crippen molar-refractivity contribution in [1.29, 1.82) is 0 Å². The summed E-state index contributed by atoms with van der Waals surface area (Å²) in [6.07, 6.45) is 1.28. The fraction of sp³-hybridized carbons (Fsp3) is 0.545. The topological polar surface area (TPSA) is 36.4 Å². The minimum Gasteiger partial charge on any atom is -0.389 e. The molecule has 0 spiro atoms. The van der Waals surface area contributed by atoms with Crippen LogP contribution in [0.4, 0.5) is 5.82 Å². The molecule has 0 aliphatic heterocycles. The van der Waals surface area contributed by atoms with Crippen LogP contribution in [0.5, 0.6) is 0 Å². The molecule has 0 amide bonds. The summed E-state index contributed by atoms with van der Waals surface area (Å²) in [5, 5.41) is 9.31. The summed E-state index contributed by atoms with van der Waals surface area (Å²) in [5.41, 5.74) is 0.853. The molecule has 3 nitrogen and oxygen atoms in total. The zero-order valence-corrected chi connectivity index (χ0v) is 9.23. The van der Waals surface area contributed by atoms with Gasteiger partial charge in [-0.25, -0.2) is 4.98 Å². The third kappa shape index (κ3) is 2.45. The molecule has 1 heterocycles. The zero-order chi connectivity index (χ0) is 10.7. The number of nitrogens with zero attached hydrogens (tertiary/aromatic N) is 2. The number of aliphatic hydroxyl groups excluding tert-OH is 1. The highest BCUT2D eigenvalue weighted by atomic mass is 16.3. The monoisotopic (exact) mass is 194 g/mol. The van der Waals surface area contributed by atoms with Gasteiger partial charge in [0, 0.05) is 19.3 Å². The fourth-order valence-electron chi connectivity index (χ4n) is 1.12. The third-order valence-corrected chi connectivity index (χ3v) is 2.39. The number of hydrogen-bond acceptors (Lipinski definition) is 3. The van der Waals surface area contributed by atoms with E-state index in [-0.39, 0.29) is 0 Å². The van der Waals surface area contributed by atoms with Crippen LogP contribution in [0.15, 0.2) is 18.3 Å². The highest BCUT2D eigenvalue weighted by molar-refractivity contribution is 5.39. The Labute approximate surface area is 85.4 Å². The lowest BCUT2D eigenvalue weighted by molar-refractivity contribution is 0.199. The SMILES string of the molecule is CC(O)c1ccc(N(C)C(C)C)nc1. The van der Waals surface area contributed by atoms with E-state index in [1.807, 2.05) is 19.2 Å². The molecule has 0 aliphatic rings. The Hall–Kier alpha value is -1.09. The van der Waals surface area contributed by atoms with E-state index in [4.69, 9.17) is 0 Å². The van der Waals surface area contributed by atoms with Crippen LogP contribution in [0.1, 0.15) is 32.4 Å². The molecule has 0 aromatic carbocycles. The smallest absolute Gasteiger partial charge is 0.128 e. The van der Waals surface area contributed by atoms with Gasteiger partial charge in [-0.2, -0.15) is 0 Å². The average Bonchev–Trinajstić information content (AvgIpc) is 2.16. The molecule has 78 valence electrons. The van der Waals surface area contributed by atoms with E-state index in [1.165, 1.54) is 0 Å². The lowest BCUT2D eigenvalue weighted by Crippen LogP contribution is -2.26. The van der Waals surface area contributed by atoms with Gasteiger partial charge >= 0.3 is 0 Å². The normalized spacial score (nSPS) is 13.0. The maximum Gasteiger partial charge on any atom is 0.128 e. The minimum absolute atomic E-state index is 0.430. The lowest BCUT2D eigenvalue weighted by Gasteiger charge is -2.22. The van der Waals surface area contributed by atoms with Crippen molar-refractivity contribution in [2.24, 2.45) is 0 Å². The van der Waals surface area contributed by atoms with E-state index in [2.05, 4.69) is 23.7 Å². The summed E-state index contributed by atoms with van der Waals surface area (Å²) in [7, 11) is 2.01. The molecule has 0 saturated heterocycles. The molecule has 0 saturated carbocycles. The van der Waals surface area contributed by atoms with Crippen LogP contribution >= 0.6 is 0 Å². The Morgan fingerprint density at radius 3 is 2.29 bits per heavy atom. The van der Waals surface area contributed by atoms with E-state index in [0.717, 1.165) is 11.4 Å². The van der Waals surface area contributed by atoms with Crippen molar-refractivity contribution >= 4 is 5.82 Å². The van der Waals surface area contributed by atoms with Gasteiger partial charge < -0.3 is 10.0 Å². The Morgan fingerprint density at radius 2 is 1.93 bits per heavy atom. The number of rotatable bonds is 3. The Kier molecular flexibility index (Phi) is 3.47. The largest absolute Gasteiger partial charge is 0.389 e.